The number of carbonyl (C=O) groups is 2. The van der Waals surface area contributed by atoms with Crippen molar-refractivity contribution in [2.75, 3.05) is 16.8 Å². The zero-order valence-electron chi connectivity index (χ0n) is 19.0. The summed E-state index contributed by atoms with van der Waals surface area (Å²) in [7, 11) is 0. The van der Waals surface area contributed by atoms with Crippen molar-refractivity contribution in [3.8, 4) is 22.8 Å². The average Bonchev–Trinajstić information content (AvgIpc) is 3.47. The number of hydrogen-bond acceptors (Lipinski definition) is 5. The molecular weight excluding hydrogens is 428 g/mol. The first-order valence-corrected chi connectivity index (χ1v) is 11.2. The van der Waals surface area contributed by atoms with Crippen LogP contribution in [0.3, 0.4) is 0 Å². The van der Waals surface area contributed by atoms with Crippen LogP contribution in [0.4, 0.5) is 11.4 Å². The Hall–Kier alpha value is -4.26. The Labute approximate surface area is 197 Å². The van der Waals surface area contributed by atoms with Crippen LogP contribution in [-0.2, 0) is 9.59 Å². The van der Waals surface area contributed by atoms with Crippen LogP contribution in [0.2, 0.25) is 0 Å². The summed E-state index contributed by atoms with van der Waals surface area (Å²) in [4.78, 5) is 31.7. The number of amides is 2. The van der Waals surface area contributed by atoms with Crippen LogP contribution in [0.5, 0.6) is 0 Å². The zero-order chi connectivity index (χ0) is 23.7. The van der Waals surface area contributed by atoms with E-state index in [1.165, 1.54) is 0 Å². The van der Waals surface area contributed by atoms with Gasteiger partial charge in [0.15, 0.2) is 0 Å². The maximum atomic E-state index is 12.9. The predicted molar refractivity (Wildman–Crippen MR) is 130 cm³/mol. The van der Waals surface area contributed by atoms with E-state index in [0.717, 1.165) is 22.4 Å². The van der Waals surface area contributed by atoms with Crippen LogP contribution in [0.1, 0.15) is 17.5 Å². The highest BCUT2D eigenvalue weighted by Crippen LogP contribution is 2.28. The highest BCUT2D eigenvalue weighted by Gasteiger charge is 2.35. The van der Waals surface area contributed by atoms with Crippen LogP contribution in [-0.4, -0.2) is 28.5 Å². The number of rotatable bonds is 5. The number of nitrogens with zero attached hydrogens (tertiary/aromatic N) is 3. The van der Waals surface area contributed by atoms with Crippen molar-refractivity contribution in [3.63, 3.8) is 0 Å². The van der Waals surface area contributed by atoms with E-state index in [2.05, 4.69) is 15.5 Å². The van der Waals surface area contributed by atoms with Crippen LogP contribution in [0.15, 0.2) is 77.3 Å². The fraction of sp³-hybridized carbons (Fsp3) is 0.185. The number of hydrogen-bond donors (Lipinski definition) is 1. The lowest BCUT2D eigenvalue weighted by atomic mass is 10.1. The van der Waals surface area contributed by atoms with Gasteiger partial charge in [0.05, 0.1) is 5.92 Å². The van der Waals surface area contributed by atoms with Gasteiger partial charge in [0.25, 0.3) is 5.89 Å². The van der Waals surface area contributed by atoms with Gasteiger partial charge in [-0.3, -0.25) is 9.59 Å². The van der Waals surface area contributed by atoms with Gasteiger partial charge in [0, 0.05) is 35.5 Å². The Morgan fingerprint density at radius 3 is 2.56 bits per heavy atom. The summed E-state index contributed by atoms with van der Waals surface area (Å²) in [6.45, 7) is 4.36. The van der Waals surface area contributed by atoms with Gasteiger partial charge >= 0.3 is 0 Å². The molecule has 5 rings (SSSR count). The van der Waals surface area contributed by atoms with Crippen molar-refractivity contribution < 1.29 is 14.1 Å². The number of nitrogens with one attached hydrogen (secondary N) is 1. The molecule has 1 atom stereocenters. The van der Waals surface area contributed by atoms with Gasteiger partial charge in [0.1, 0.15) is 0 Å². The largest absolute Gasteiger partial charge is 0.334 e. The van der Waals surface area contributed by atoms with Gasteiger partial charge < -0.3 is 14.7 Å². The molecule has 2 heterocycles. The minimum Gasteiger partial charge on any atom is -0.334 e. The third-order valence-electron chi connectivity index (χ3n) is 5.92. The van der Waals surface area contributed by atoms with Crippen molar-refractivity contribution in [1.82, 2.24) is 10.1 Å². The lowest BCUT2D eigenvalue weighted by Crippen LogP contribution is -2.28. The predicted octanol–water partition coefficient (Wildman–Crippen LogP) is 5.01. The number of aryl methyl sites for hydroxylation is 2. The van der Waals surface area contributed by atoms with E-state index >= 15 is 0 Å². The van der Waals surface area contributed by atoms with Gasteiger partial charge in [0.2, 0.25) is 17.6 Å². The van der Waals surface area contributed by atoms with Crippen LogP contribution in [0, 0.1) is 19.8 Å². The molecule has 170 valence electrons. The number of carbonyl (C=O) groups excluding carboxylic acids is 2. The Kier molecular flexibility index (Phi) is 5.67. The van der Waals surface area contributed by atoms with Crippen molar-refractivity contribution in [3.05, 3.63) is 83.9 Å². The van der Waals surface area contributed by atoms with Gasteiger partial charge in [-0.05, 0) is 49.7 Å². The Morgan fingerprint density at radius 1 is 0.971 bits per heavy atom. The molecule has 4 aromatic rings. The molecule has 1 aliphatic rings. The second kappa shape index (κ2) is 8.94. The normalized spacial score (nSPS) is 15.5. The van der Waals surface area contributed by atoms with Gasteiger partial charge in [-0.1, -0.05) is 53.2 Å². The molecule has 1 aliphatic heterocycles. The number of aromatic nitrogens is 2. The van der Waals surface area contributed by atoms with E-state index in [1.54, 1.807) is 17.0 Å². The minimum atomic E-state index is -0.423. The summed E-state index contributed by atoms with van der Waals surface area (Å²) in [5.74, 6) is 0.215. The molecule has 0 aliphatic carbocycles. The molecule has 7 nitrogen and oxygen atoms in total. The Bertz CT molecular complexity index is 1360. The first kappa shape index (κ1) is 21.6. The summed E-state index contributed by atoms with van der Waals surface area (Å²) in [6.07, 6.45) is 0.184. The van der Waals surface area contributed by atoms with Crippen LogP contribution in [0.25, 0.3) is 22.8 Å². The van der Waals surface area contributed by atoms with Crippen molar-refractivity contribution in [2.24, 2.45) is 5.92 Å². The average molecular weight is 453 g/mol. The molecule has 0 spiro atoms. The molecule has 1 saturated heterocycles. The summed E-state index contributed by atoms with van der Waals surface area (Å²) in [6, 6.07) is 22.9. The van der Waals surface area contributed by atoms with E-state index in [0.29, 0.717) is 29.5 Å². The fourth-order valence-electron chi connectivity index (χ4n) is 4.06. The van der Waals surface area contributed by atoms with E-state index in [-0.39, 0.29) is 18.2 Å². The third kappa shape index (κ3) is 4.45. The Balaban J connectivity index is 1.28. The van der Waals surface area contributed by atoms with Crippen molar-refractivity contribution in [1.29, 1.82) is 0 Å². The zero-order valence-corrected chi connectivity index (χ0v) is 19.0. The summed E-state index contributed by atoms with van der Waals surface area (Å²) in [5.41, 5.74) is 5.23. The molecular formula is C27H24N4O3. The standard InChI is InChI=1S/C27H24N4O3/c1-17-9-11-19(12-10-17)25-29-27(34-30-25)20-6-4-7-22(14-20)28-26(33)21-15-24(32)31(16-21)23-8-3-5-18(2)13-23/h3-14,21H,15-16H2,1-2H3,(H,28,33). The van der Waals surface area contributed by atoms with Crippen LogP contribution >= 0.6 is 0 Å². The first-order chi connectivity index (χ1) is 16.5. The van der Waals surface area contributed by atoms with E-state index in [9.17, 15) is 9.59 Å². The van der Waals surface area contributed by atoms with Gasteiger partial charge in [-0.25, -0.2) is 0 Å². The molecule has 1 fully saturated rings. The highest BCUT2D eigenvalue weighted by atomic mass is 16.5. The minimum absolute atomic E-state index is 0.0472. The highest BCUT2D eigenvalue weighted by molar-refractivity contribution is 6.03. The lowest BCUT2D eigenvalue weighted by molar-refractivity contribution is -0.122. The quantitative estimate of drug-likeness (QED) is 0.460. The lowest BCUT2D eigenvalue weighted by Gasteiger charge is -2.17. The summed E-state index contributed by atoms with van der Waals surface area (Å²) < 4.78 is 5.46. The summed E-state index contributed by atoms with van der Waals surface area (Å²) in [5, 5.41) is 7.02. The maximum absolute atomic E-state index is 12.9. The molecule has 0 bridgehead atoms. The second-order valence-electron chi connectivity index (χ2n) is 8.60. The monoisotopic (exact) mass is 452 g/mol. The second-order valence-corrected chi connectivity index (χ2v) is 8.60. The SMILES string of the molecule is Cc1ccc(-c2noc(-c3cccc(NC(=O)C4CC(=O)N(c5cccc(C)c5)C4)c3)n2)cc1. The molecule has 2 amide bonds. The van der Waals surface area contributed by atoms with Crippen molar-refractivity contribution >= 4 is 23.2 Å². The smallest absolute Gasteiger partial charge is 0.258 e. The van der Waals surface area contributed by atoms with Gasteiger partial charge in [-0.2, -0.15) is 4.98 Å². The maximum Gasteiger partial charge on any atom is 0.258 e. The van der Waals surface area contributed by atoms with Crippen LogP contribution < -0.4 is 10.2 Å². The molecule has 34 heavy (non-hydrogen) atoms. The van der Waals surface area contributed by atoms with E-state index < -0.39 is 5.92 Å². The van der Waals surface area contributed by atoms with E-state index in [1.807, 2.05) is 74.5 Å². The van der Waals surface area contributed by atoms with Crippen molar-refractivity contribution in [2.45, 2.75) is 20.3 Å². The molecule has 1 unspecified atom stereocenters. The molecule has 3 aromatic carbocycles. The fourth-order valence-corrected chi connectivity index (χ4v) is 4.06. The third-order valence-corrected chi connectivity index (χ3v) is 5.92. The molecule has 7 heteroatoms. The van der Waals surface area contributed by atoms with E-state index in [4.69, 9.17) is 4.52 Å². The molecule has 0 radical (unpaired) electrons. The molecule has 1 aromatic heterocycles. The molecule has 0 saturated carbocycles. The van der Waals surface area contributed by atoms with Gasteiger partial charge in [-0.15, -0.1) is 0 Å². The molecule has 1 N–H and O–H groups in total. The topological polar surface area (TPSA) is 88.3 Å². The summed E-state index contributed by atoms with van der Waals surface area (Å²) >= 11 is 0. The first-order valence-electron chi connectivity index (χ1n) is 11.2. The number of anilines is 2. The Morgan fingerprint density at radius 2 is 1.76 bits per heavy atom. The number of benzene rings is 3.